The van der Waals surface area contributed by atoms with Crippen molar-refractivity contribution in [3.63, 3.8) is 0 Å². The summed E-state index contributed by atoms with van der Waals surface area (Å²) in [7, 11) is 3.53. The fraction of sp³-hybridized carbons (Fsp3) is 0.600. The summed E-state index contributed by atoms with van der Waals surface area (Å²) in [5.41, 5.74) is 1.30. The fourth-order valence-electron chi connectivity index (χ4n) is 3.86. The van der Waals surface area contributed by atoms with Crippen LogP contribution in [0.5, 0.6) is 5.75 Å². The topological polar surface area (TPSA) is 66.0 Å². The number of nitrogens with one attached hydrogen (secondary N) is 2. The predicted molar refractivity (Wildman–Crippen MR) is 119 cm³/mol. The molecule has 1 heterocycles. The zero-order valence-corrected chi connectivity index (χ0v) is 18.9. The second-order valence-corrected chi connectivity index (χ2v) is 7.52. The van der Waals surface area contributed by atoms with Crippen molar-refractivity contribution in [3.8, 4) is 5.75 Å². The van der Waals surface area contributed by atoms with E-state index in [4.69, 9.17) is 4.74 Å². The van der Waals surface area contributed by atoms with Crippen molar-refractivity contribution in [2.45, 2.75) is 50.6 Å². The van der Waals surface area contributed by atoms with Crippen LogP contribution >= 0.6 is 24.0 Å². The van der Waals surface area contributed by atoms with Gasteiger partial charge in [0.15, 0.2) is 5.96 Å². The van der Waals surface area contributed by atoms with E-state index in [1.54, 1.807) is 14.0 Å². The van der Waals surface area contributed by atoms with E-state index in [0.717, 1.165) is 44.1 Å². The summed E-state index contributed by atoms with van der Waals surface area (Å²) < 4.78 is 5.54. The van der Waals surface area contributed by atoms with Gasteiger partial charge in [-0.25, -0.2) is 0 Å². The number of amides is 1. The van der Waals surface area contributed by atoms with E-state index in [9.17, 15) is 4.79 Å². The first-order valence-electron chi connectivity index (χ1n) is 9.37. The summed E-state index contributed by atoms with van der Waals surface area (Å²) in [5, 5.41) is 7.09. The lowest BCUT2D eigenvalue weighted by Crippen LogP contribution is -2.50. The monoisotopic (exact) mass is 486 g/mol. The lowest BCUT2D eigenvalue weighted by molar-refractivity contribution is -0.129. The summed E-state index contributed by atoms with van der Waals surface area (Å²) >= 11 is 0. The molecule has 3 rings (SSSR count). The Bertz CT molecular complexity index is 688. The van der Waals surface area contributed by atoms with Crippen LogP contribution in [0.4, 0.5) is 0 Å². The van der Waals surface area contributed by atoms with Gasteiger partial charge in [0.05, 0.1) is 7.11 Å². The summed E-state index contributed by atoms with van der Waals surface area (Å²) in [5.74, 6) is 1.95. The van der Waals surface area contributed by atoms with Gasteiger partial charge in [-0.15, -0.1) is 24.0 Å². The van der Waals surface area contributed by atoms with Crippen molar-refractivity contribution >= 4 is 35.8 Å². The Morgan fingerprint density at radius 2 is 1.93 bits per heavy atom. The van der Waals surface area contributed by atoms with Crippen LogP contribution in [0.3, 0.4) is 0 Å². The van der Waals surface area contributed by atoms with Gasteiger partial charge >= 0.3 is 0 Å². The maximum absolute atomic E-state index is 11.5. The molecule has 2 unspecified atom stereocenters. The van der Waals surface area contributed by atoms with E-state index < -0.39 is 0 Å². The second kappa shape index (κ2) is 9.12. The van der Waals surface area contributed by atoms with Gasteiger partial charge in [-0.3, -0.25) is 9.79 Å². The van der Waals surface area contributed by atoms with Crippen LogP contribution in [0, 0.1) is 0 Å². The van der Waals surface area contributed by atoms with Crippen molar-refractivity contribution < 1.29 is 9.53 Å². The molecule has 2 atom stereocenters. The number of carbonyl (C=O) groups excluding carboxylic acids is 1. The second-order valence-electron chi connectivity index (χ2n) is 7.52. The molecule has 7 heteroatoms. The van der Waals surface area contributed by atoms with Crippen molar-refractivity contribution in [2.75, 3.05) is 27.2 Å². The number of hydrogen-bond acceptors (Lipinski definition) is 3. The van der Waals surface area contributed by atoms with Crippen molar-refractivity contribution in [2.24, 2.45) is 4.99 Å². The van der Waals surface area contributed by atoms with Gasteiger partial charge in [0.1, 0.15) is 5.75 Å². The maximum Gasteiger partial charge on any atom is 0.219 e. The number of carbonyl (C=O) groups is 1. The van der Waals surface area contributed by atoms with Crippen molar-refractivity contribution in [1.82, 2.24) is 15.5 Å². The largest absolute Gasteiger partial charge is 0.496 e. The number of rotatable bonds is 4. The van der Waals surface area contributed by atoms with Gasteiger partial charge in [0, 0.05) is 50.1 Å². The minimum Gasteiger partial charge on any atom is -0.496 e. The quantitative estimate of drug-likeness (QED) is 0.390. The number of piperidine rings is 1. The van der Waals surface area contributed by atoms with E-state index in [-0.39, 0.29) is 35.3 Å². The lowest BCUT2D eigenvalue weighted by atomic mass is 9.96. The molecule has 27 heavy (non-hydrogen) atoms. The molecule has 1 saturated heterocycles. The van der Waals surface area contributed by atoms with E-state index in [1.807, 2.05) is 24.1 Å². The highest BCUT2D eigenvalue weighted by molar-refractivity contribution is 14.0. The normalized spacial score (nSPS) is 25.4. The number of methoxy groups -OCH3 is 1. The first-order valence-corrected chi connectivity index (χ1v) is 9.37. The van der Waals surface area contributed by atoms with Crippen LogP contribution in [0.1, 0.15) is 38.7 Å². The molecule has 1 aliphatic heterocycles. The number of nitrogens with zero attached hydrogens (tertiary/aromatic N) is 2. The zero-order chi connectivity index (χ0) is 18.7. The van der Waals surface area contributed by atoms with Crippen LogP contribution in [0.15, 0.2) is 29.3 Å². The Morgan fingerprint density at radius 1 is 1.26 bits per heavy atom. The molecule has 1 aromatic carbocycles. The molecule has 2 N–H and O–H groups in total. The van der Waals surface area contributed by atoms with E-state index in [0.29, 0.717) is 12.1 Å². The van der Waals surface area contributed by atoms with E-state index >= 15 is 0 Å². The van der Waals surface area contributed by atoms with E-state index in [2.05, 4.69) is 34.7 Å². The van der Waals surface area contributed by atoms with Crippen LogP contribution in [0.25, 0.3) is 0 Å². The molecule has 1 aliphatic carbocycles. The number of likely N-dealkylation sites (tertiary alicyclic amines) is 1. The van der Waals surface area contributed by atoms with Gasteiger partial charge in [-0.05, 0) is 25.3 Å². The molecule has 2 fully saturated rings. The molecular weight excluding hydrogens is 455 g/mol. The minimum absolute atomic E-state index is 0. The third-order valence-corrected chi connectivity index (χ3v) is 5.78. The van der Waals surface area contributed by atoms with Crippen molar-refractivity contribution in [1.29, 1.82) is 0 Å². The maximum atomic E-state index is 11.5. The number of ether oxygens (including phenoxy) is 1. The first-order chi connectivity index (χ1) is 12.5. The van der Waals surface area contributed by atoms with Crippen LogP contribution < -0.4 is 15.4 Å². The van der Waals surface area contributed by atoms with E-state index in [1.165, 1.54) is 5.56 Å². The van der Waals surface area contributed by atoms with Gasteiger partial charge in [-0.2, -0.15) is 0 Å². The third-order valence-electron chi connectivity index (χ3n) is 5.78. The smallest absolute Gasteiger partial charge is 0.219 e. The highest BCUT2D eigenvalue weighted by atomic mass is 127. The number of guanidine groups is 1. The molecule has 1 amide bonds. The lowest BCUT2D eigenvalue weighted by Gasteiger charge is -2.32. The number of benzene rings is 1. The van der Waals surface area contributed by atoms with Gasteiger partial charge in [0.25, 0.3) is 0 Å². The van der Waals surface area contributed by atoms with Crippen LogP contribution in [-0.2, 0) is 10.2 Å². The highest BCUT2D eigenvalue weighted by Crippen LogP contribution is 2.50. The Hall–Kier alpha value is -1.51. The number of para-hydroxylation sites is 1. The Labute approximate surface area is 179 Å². The average molecular weight is 486 g/mol. The van der Waals surface area contributed by atoms with Gasteiger partial charge in [0.2, 0.25) is 5.91 Å². The Morgan fingerprint density at radius 3 is 2.52 bits per heavy atom. The average Bonchev–Trinajstić information content (AvgIpc) is 3.32. The molecule has 150 valence electrons. The Balaban J connectivity index is 0.00000261. The van der Waals surface area contributed by atoms with Crippen molar-refractivity contribution in [3.05, 3.63) is 29.8 Å². The SMILES string of the molecule is CN=C(NC1CCN(C(C)=O)CC1)NC1CC1(C)c1ccccc1OC.I. The molecule has 2 aliphatic rings. The fourth-order valence-corrected chi connectivity index (χ4v) is 3.86. The molecule has 1 aromatic rings. The van der Waals surface area contributed by atoms with Gasteiger partial charge < -0.3 is 20.3 Å². The molecular formula is C20H31IN4O2. The Kier molecular flexibility index (Phi) is 7.36. The van der Waals surface area contributed by atoms with Crippen LogP contribution in [0.2, 0.25) is 0 Å². The highest BCUT2D eigenvalue weighted by Gasteiger charge is 2.53. The zero-order valence-electron chi connectivity index (χ0n) is 16.6. The van der Waals surface area contributed by atoms with Crippen LogP contribution in [-0.4, -0.2) is 56.1 Å². The summed E-state index contributed by atoms with van der Waals surface area (Å²) in [6.07, 6.45) is 2.96. The summed E-state index contributed by atoms with van der Waals surface area (Å²) in [4.78, 5) is 17.8. The molecule has 0 spiro atoms. The molecule has 0 radical (unpaired) electrons. The number of halogens is 1. The number of aliphatic imine (C=N–C) groups is 1. The first kappa shape index (κ1) is 21.8. The predicted octanol–water partition coefficient (Wildman–Crippen LogP) is 2.52. The van der Waals surface area contributed by atoms with Gasteiger partial charge in [-0.1, -0.05) is 25.1 Å². The number of hydrogen-bond donors (Lipinski definition) is 2. The standard InChI is InChI=1S/C20H30N4O2.HI/c1-14(25)24-11-9-15(10-12-24)22-19(21-3)23-18-13-20(18,2)16-7-5-6-8-17(16)26-4;/h5-8,15,18H,9-13H2,1-4H3,(H2,21,22,23);1H. The minimum atomic E-state index is 0. The molecule has 6 nitrogen and oxygen atoms in total. The summed E-state index contributed by atoms with van der Waals surface area (Å²) in [6, 6.07) is 8.93. The summed E-state index contributed by atoms with van der Waals surface area (Å²) in [6.45, 7) is 5.53. The molecule has 1 saturated carbocycles. The molecule has 0 aromatic heterocycles. The molecule has 0 bridgehead atoms. The third kappa shape index (κ3) is 4.86.